The van der Waals surface area contributed by atoms with Gasteiger partial charge in [0.1, 0.15) is 0 Å². The number of hydrogen-bond donors (Lipinski definition) is 1. The van der Waals surface area contributed by atoms with E-state index in [0.29, 0.717) is 11.4 Å². The molecule has 0 radical (unpaired) electrons. The Bertz CT molecular complexity index is 537. The van der Waals surface area contributed by atoms with E-state index in [1.165, 1.54) is 4.31 Å². The molecule has 5 heteroatoms. The van der Waals surface area contributed by atoms with Crippen LogP contribution in [0.1, 0.15) is 37.8 Å². The van der Waals surface area contributed by atoms with Crippen LogP contribution < -0.4 is 5.32 Å². The minimum absolute atomic E-state index is 0.0485. The van der Waals surface area contributed by atoms with Gasteiger partial charge in [-0.1, -0.05) is 26.0 Å². The van der Waals surface area contributed by atoms with Gasteiger partial charge in [0.2, 0.25) is 10.0 Å². The molecule has 0 heterocycles. The molecule has 0 saturated carbocycles. The molecule has 1 rings (SSSR count). The lowest BCUT2D eigenvalue weighted by Crippen LogP contribution is -2.36. The smallest absolute Gasteiger partial charge is 0.243 e. The molecule has 1 N–H and O–H groups in total. The third-order valence-corrected chi connectivity index (χ3v) is 5.93. The van der Waals surface area contributed by atoms with E-state index in [4.69, 9.17) is 0 Å². The third-order valence-electron chi connectivity index (χ3n) is 3.88. The van der Waals surface area contributed by atoms with E-state index in [9.17, 15) is 8.42 Å². The van der Waals surface area contributed by atoms with Crippen LogP contribution >= 0.6 is 0 Å². The Hall–Kier alpha value is -0.910. The highest BCUT2D eigenvalue weighted by atomic mass is 32.2. The van der Waals surface area contributed by atoms with Gasteiger partial charge in [-0.15, -0.1) is 0 Å². The standard InChI is InChI=1S/C15H26N2O2S/c1-6-14(7-2)17(5)20(18,19)15-10-8-9-13(11-16-4)12(15)3/h8-10,14,16H,6-7,11H2,1-5H3. The van der Waals surface area contributed by atoms with E-state index in [0.717, 1.165) is 24.0 Å². The summed E-state index contributed by atoms with van der Waals surface area (Å²) >= 11 is 0. The fraction of sp³-hybridized carbons (Fsp3) is 0.600. The number of rotatable bonds is 7. The van der Waals surface area contributed by atoms with Gasteiger partial charge in [-0.2, -0.15) is 4.31 Å². The van der Waals surface area contributed by atoms with Crippen LogP contribution in [0.2, 0.25) is 0 Å². The van der Waals surface area contributed by atoms with Crippen LogP contribution in [-0.2, 0) is 16.6 Å². The van der Waals surface area contributed by atoms with Gasteiger partial charge in [-0.3, -0.25) is 0 Å². The predicted molar refractivity (Wildman–Crippen MR) is 83.3 cm³/mol. The maximum absolute atomic E-state index is 12.8. The third kappa shape index (κ3) is 3.40. The summed E-state index contributed by atoms with van der Waals surface area (Å²) in [4.78, 5) is 0.416. The van der Waals surface area contributed by atoms with Gasteiger partial charge in [0, 0.05) is 19.6 Å². The van der Waals surface area contributed by atoms with Gasteiger partial charge >= 0.3 is 0 Å². The van der Waals surface area contributed by atoms with Crippen molar-refractivity contribution in [3.05, 3.63) is 29.3 Å². The quantitative estimate of drug-likeness (QED) is 0.841. The summed E-state index contributed by atoms with van der Waals surface area (Å²) in [5.41, 5.74) is 1.85. The van der Waals surface area contributed by atoms with Crippen molar-refractivity contribution in [1.29, 1.82) is 0 Å². The number of hydrogen-bond acceptors (Lipinski definition) is 3. The monoisotopic (exact) mass is 298 g/mol. The second kappa shape index (κ2) is 7.20. The van der Waals surface area contributed by atoms with Crippen LogP contribution in [0.5, 0.6) is 0 Å². The molecule has 0 bridgehead atoms. The summed E-state index contributed by atoms with van der Waals surface area (Å²) in [5.74, 6) is 0. The average molecular weight is 298 g/mol. The Morgan fingerprint density at radius 1 is 1.25 bits per heavy atom. The van der Waals surface area contributed by atoms with E-state index >= 15 is 0 Å². The summed E-state index contributed by atoms with van der Waals surface area (Å²) in [6, 6.07) is 5.52. The Kier molecular flexibility index (Phi) is 6.17. The lowest BCUT2D eigenvalue weighted by Gasteiger charge is -2.26. The minimum Gasteiger partial charge on any atom is -0.316 e. The van der Waals surface area contributed by atoms with Gasteiger partial charge in [0.15, 0.2) is 0 Å². The van der Waals surface area contributed by atoms with Crippen LogP contribution in [-0.4, -0.2) is 32.9 Å². The molecule has 0 aliphatic carbocycles. The highest BCUT2D eigenvalue weighted by Gasteiger charge is 2.27. The van der Waals surface area contributed by atoms with Gasteiger partial charge < -0.3 is 5.32 Å². The Morgan fingerprint density at radius 3 is 2.35 bits per heavy atom. The van der Waals surface area contributed by atoms with Crippen molar-refractivity contribution >= 4 is 10.0 Å². The first-order valence-corrected chi connectivity index (χ1v) is 8.55. The molecule has 0 unspecified atom stereocenters. The van der Waals surface area contributed by atoms with Crippen LogP contribution in [0.3, 0.4) is 0 Å². The summed E-state index contributed by atoms with van der Waals surface area (Å²) in [5, 5.41) is 3.07. The topological polar surface area (TPSA) is 49.4 Å². The van der Waals surface area contributed by atoms with Crippen LogP contribution in [0, 0.1) is 6.92 Å². The van der Waals surface area contributed by atoms with Gasteiger partial charge in [-0.25, -0.2) is 8.42 Å². The highest BCUT2D eigenvalue weighted by Crippen LogP contribution is 2.24. The highest BCUT2D eigenvalue weighted by molar-refractivity contribution is 7.89. The summed E-state index contributed by atoms with van der Waals surface area (Å²) in [6.45, 7) is 6.58. The molecule has 1 aromatic rings. The summed E-state index contributed by atoms with van der Waals surface area (Å²) in [6.07, 6.45) is 1.64. The molecule has 20 heavy (non-hydrogen) atoms. The number of benzene rings is 1. The van der Waals surface area contributed by atoms with Crippen LogP contribution in [0.25, 0.3) is 0 Å². The van der Waals surface area contributed by atoms with Crippen molar-refractivity contribution in [2.24, 2.45) is 0 Å². The SMILES string of the molecule is CCC(CC)N(C)S(=O)(=O)c1cccc(CNC)c1C. The lowest BCUT2D eigenvalue weighted by atomic mass is 10.1. The van der Waals surface area contributed by atoms with Gasteiger partial charge in [0.05, 0.1) is 4.90 Å². The van der Waals surface area contributed by atoms with Crippen molar-refractivity contribution in [1.82, 2.24) is 9.62 Å². The molecular weight excluding hydrogens is 272 g/mol. The fourth-order valence-corrected chi connectivity index (χ4v) is 4.25. The first kappa shape index (κ1) is 17.1. The largest absolute Gasteiger partial charge is 0.316 e. The second-order valence-corrected chi connectivity index (χ2v) is 7.03. The van der Waals surface area contributed by atoms with E-state index in [2.05, 4.69) is 5.32 Å². The molecule has 0 fully saturated rings. The Labute approximate surface area is 123 Å². The number of sulfonamides is 1. The molecule has 0 spiro atoms. The molecule has 4 nitrogen and oxygen atoms in total. The van der Waals surface area contributed by atoms with Crippen molar-refractivity contribution < 1.29 is 8.42 Å². The normalized spacial score (nSPS) is 12.3. The Morgan fingerprint density at radius 2 is 1.85 bits per heavy atom. The summed E-state index contributed by atoms with van der Waals surface area (Å²) < 4.78 is 27.1. The fourth-order valence-electron chi connectivity index (χ4n) is 2.48. The lowest BCUT2D eigenvalue weighted by molar-refractivity contribution is 0.349. The maximum Gasteiger partial charge on any atom is 0.243 e. The summed E-state index contributed by atoms with van der Waals surface area (Å²) in [7, 11) is 0.107. The van der Waals surface area contributed by atoms with Crippen molar-refractivity contribution in [3.63, 3.8) is 0 Å². The average Bonchev–Trinajstić information content (AvgIpc) is 2.42. The van der Waals surface area contributed by atoms with Gasteiger partial charge in [0.25, 0.3) is 0 Å². The number of nitrogens with one attached hydrogen (secondary N) is 1. The van der Waals surface area contributed by atoms with Crippen molar-refractivity contribution in [3.8, 4) is 0 Å². The zero-order valence-corrected chi connectivity index (χ0v) is 13.9. The van der Waals surface area contributed by atoms with E-state index in [-0.39, 0.29) is 6.04 Å². The van der Waals surface area contributed by atoms with Gasteiger partial charge in [-0.05, 0) is 44.0 Å². The Balaban J connectivity index is 3.25. The van der Waals surface area contributed by atoms with Crippen molar-refractivity contribution in [2.45, 2.75) is 51.1 Å². The minimum atomic E-state index is -3.43. The molecule has 0 aromatic heterocycles. The predicted octanol–water partition coefficient (Wildman–Crippen LogP) is 2.52. The molecule has 0 atom stereocenters. The van der Waals surface area contributed by atoms with E-state index in [1.807, 2.05) is 40.0 Å². The first-order chi connectivity index (χ1) is 9.39. The first-order valence-electron chi connectivity index (χ1n) is 7.11. The zero-order chi connectivity index (χ0) is 15.3. The molecule has 0 aliphatic rings. The molecule has 0 amide bonds. The molecule has 0 aliphatic heterocycles. The maximum atomic E-state index is 12.8. The second-order valence-electron chi connectivity index (χ2n) is 5.06. The van der Waals surface area contributed by atoms with Crippen molar-refractivity contribution in [2.75, 3.05) is 14.1 Å². The molecule has 114 valence electrons. The van der Waals surface area contributed by atoms with E-state index in [1.54, 1.807) is 13.1 Å². The van der Waals surface area contributed by atoms with E-state index < -0.39 is 10.0 Å². The number of nitrogens with zero attached hydrogens (tertiary/aromatic N) is 1. The zero-order valence-electron chi connectivity index (χ0n) is 13.1. The molecule has 0 saturated heterocycles. The van der Waals surface area contributed by atoms with Crippen LogP contribution in [0.15, 0.2) is 23.1 Å². The molecular formula is C15H26N2O2S. The van der Waals surface area contributed by atoms with Crippen LogP contribution in [0.4, 0.5) is 0 Å². The molecule has 1 aromatic carbocycles.